The van der Waals surface area contributed by atoms with Gasteiger partial charge >= 0.3 is 18.1 Å². The lowest BCUT2D eigenvalue weighted by Gasteiger charge is -2.35. The highest BCUT2D eigenvalue weighted by Gasteiger charge is 2.32. The molecule has 15 nitrogen and oxygen atoms in total. The van der Waals surface area contributed by atoms with Gasteiger partial charge in [0.2, 0.25) is 5.91 Å². The highest BCUT2D eigenvalue weighted by atomic mass is 16.8. The number of anilines is 1. The maximum atomic E-state index is 13.8. The first-order valence-electron chi connectivity index (χ1n) is 16.8. The number of nitrogens with zero attached hydrogens (tertiary/aromatic N) is 4. The number of rotatable bonds is 14. The Balaban J connectivity index is 1.78. The van der Waals surface area contributed by atoms with Crippen LogP contribution in [-0.4, -0.2) is 106 Å². The fourth-order valence-electron chi connectivity index (χ4n) is 4.83. The first-order valence-corrected chi connectivity index (χ1v) is 16.8. The zero-order valence-electron chi connectivity index (χ0n) is 30.1. The number of amides is 2. The lowest BCUT2D eigenvalue weighted by Crippen LogP contribution is -2.55. The maximum absolute atomic E-state index is 13.8. The van der Waals surface area contributed by atoms with Crippen LogP contribution in [0.15, 0.2) is 36.4 Å². The lowest BCUT2D eigenvalue weighted by atomic mass is 10.1. The molecule has 3 rings (SSSR count). The number of hydroxylamine groups is 2. The van der Waals surface area contributed by atoms with Gasteiger partial charge in [-0.05, 0) is 61.3 Å². The van der Waals surface area contributed by atoms with Crippen molar-refractivity contribution < 1.29 is 43.0 Å². The third kappa shape index (κ3) is 14.0. The normalized spacial score (nSPS) is 14.3. The van der Waals surface area contributed by atoms with E-state index in [1.807, 2.05) is 30.3 Å². The van der Waals surface area contributed by atoms with Crippen molar-refractivity contribution in [1.82, 2.24) is 25.2 Å². The van der Waals surface area contributed by atoms with E-state index in [4.69, 9.17) is 19.0 Å². The third-order valence-electron chi connectivity index (χ3n) is 6.95. The second-order valence-electron chi connectivity index (χ2n) is 13.6. The predicted molar refractivity (Wildman–Crippen MR) is 184 cm³/mol. The first kappa shape index (κ1) is 39.6. The Morgan fingerprint density at radius 2 is 1.48 bits per heavy atom. The number of piperazine rings is 1. The van der Waals surface area contributed by atoms with Crippen molar-refractivity contribution in [3.05, 3.63) is 42.1 Å². The SMILES string of the molecule is CCOC(=O)ON1CCN(C(=O)[C@H](CCC(=O)OC(C)(C)C)NC(=O)c2cc(NCCCC(=O)OC(C)(C)C)nc(-c3ccccc3)n2)CC1. The van der Waals surface area contributed by atoms with E-state index in [1.54, 1.807) is 48.5 Å². The van der Waals surface area contributed by atoms with Crippen molar-refractivity contribution >= 4 is 35.7 Å². The van der Waals surface area contributed by atoms with E-state index in [0.29, 0.717) is 24.3 Å². The average molecular weight is 699 g/mol. The molecule has 0 aliphatic carbocycles. The van der Waals surface area contributed by atoms with Gasteiger partial charge in [0.15, 0.2) is 5.82 Å². The van der Waals surface area contributed by atoms with Gasteiger partial charge in [0.1, 0.15) is 28.8 Å². The van der Waals surface area contributed by atoms with Crippen molar-refractivity contribution in [3.63, 3.8) is 0 Å². The summed E-state index contributed by atoms with van der Waals surface area (Å²) >= 11 is 0. The molecule has 1 aliphatic heterocycles. The highest BCUT2D eigenvalue weighted by molar-refractivity contribution is 5.97. The van der Waals surface area contributed by atoms with E-state index in [2.05, 4.69) is 20.6 Å². The maximum Gasteiger partial charge on any atom is 0.527 e. The minimum Gasteiger partial charge on any atom is -0.460 e. The number of carbonyl (C=O) groups excluding carboxylic acids is 5. The summed E-state index contributed by atoms with van der Waals surface area (Å²) in [5.41, 5.74) is -0.640. The van der Waals surface area contributed by atoms with Gasteiger partial charge in [-0.25, -0.2) is 14.8 Å². The van der Waals surface area contributed by atoms with Gasteiger partial charge in [-0.15, -0.1) is 5.06 Å². The van der Waals surface area contributed by atoms with E-state index in [-0.39, 0.29) is 69.5 Å². The quantitative estimate of drug-likeness (QED) is 0.164. The van der Waals surface area contributed by atoms with Crippen LogP contribution in [0.25, 0.3) is 11.4 Å². The van der Waals surface area contributed by atoms with Crippen LogP contribution in [0.2, 0.25) is 0 Å². The third-order valence-corrected chi connectivity index (χ3v) is 6.95. The summed E-state index contributed by atoms with van der Waals surface area (Å²) in [6.45, 7) is 13.7. The Bertz CT molecular complexity index is 1470. The number of hydrogen-bond acceptors (Lipinski definition) is 13. The Morgan fingerprint density at radius 1 is 0.860 bits per heavy atom. The zero-order chi connectivity index (χ0) is 36.9. The predicted octanol–water partition coefficient (Wildman–Crippen LogP) is 4.13. The minimum atomic E-state index is -1.09. The standard InChI is InChI=1S/C35H50N6O9/c1-8-47-33(46)50-41-21-19-40(20-22-41)32(45)25(16-17-29(43)49-35(5,6)7)38-31(44)26-23-27(36-18-12-15-28(42)48-34(2,3)4)39-30(37-26)24-13-10-9-11-14-24/h9-11,13-14,23,25H,8,12,15-22H2,1-7H3,(H,38,44)(H,36,37,39)/t25-/m0/s1. The van der Waals surface area contributed by atoms with Gasteiger partial charge in [0.25, 0.3) is 5.91 Å². The second-order valence-corrected chi connectivity index (χ2v) is 13.6. The van der Waals surface area contributed by atoms with Gasteiger partial charge < -0.3 is 34.6 Å². The smallest absolute Gasteiger partial charge is 0.460 e. The van der Waals surface area contributed by atoms with Crippen LogP contribution in [0, 0.1) is 0 Å². The Hall–Kier alpha value is -4.79. The molecule has 1 aromatic heterocycles. The molecule has 1 atom stereocenters. The van der Waals surface area contributed by atoms with Crippen molar-refractivity contribution in [2.45, 2.75) is 91.4 Å². The molecule has 2 aromatic rings. The molecule has 15 heteroatoms. The number of esters is 2. The van der Waals surface area contributed by atoms with Crippen LogP contribution in [0.4, 0.5) is 10.6 Å². The Labute approximate surface area is 293 Å². The van der Waals surface area contributed by atoms with E-state index >= 15 is 0 Å². The molecule has 0 bridgehead atoms. The summed E-state index contributed by atoms with van der Waals surface area (Å²) in [5.74, 6) is -1.25. The fourth-order valence-corrected chi connectivity index (χ4v) is 4.83. The number of nitrogens with one attached hydrogen (secondary N) is 2. The molecular weight excluding hydrogens is 648 g/mol. The summed E-state index contributed by atoms with van der Waals surface area (Å²) in [6, 6.07) is 9.48. The fraction of sp³-hybridized carbons (Fsp3) is 0.571. The molecule has 1 aromatic carbocycles. The molecule has 2 heterocycles. The molecule has 0 saturated carbocycles. The minimum absolute atomic E-state index is 0.00350. The first-order chi connectivity index (χ1) is 23.5. The molecule has 274 valence electrons. The van der Waals surface area contributed by atoms with Gasteiger partial charge in [-0.3, -0.25) is 19.2 Å². The van der Waals surface area contributed by atoms with E-state index in [0.717, 1.165) is 0 Å². The molecular formula is C35H50N6O9. The van der Waals surface area contributed by atoms with Crippen molar-refractivity contribution in [2.75, 3.05) is 44.6 Å². The van der Waals surface area contributed by atoms with Crippen LogP contribution in [-0.2, 0) is 33.4 Å². The second kappa shape index (κ2) is 18.3. The molecule has 1 saturated heterocycles. The van der Waals surface area contributed by atoms with Crippen LogP contribution >= 0.6 is 0 Å². The van der Waals surface area contributed by atoms with Gasteiger partial charge in [-0.2, -0.15) is 0 Å². The molecule has 2 amide bonds. The highest BCUT2D eigenvalue weighted by Crippen LogP contribution is 2.19. The van der Waals surface area contributed by atoms with E-state index < -0.39 is 41.2 Å². The lowest BCUT2D eigenvalue weighted by molar-refractivity contribution is -0.158. The number of hydrogen-bond donors (Lipinski definition) is 2. The van der Waals surface area contributed by atoms with Crippen LogP contribution in [0.1, 0.15) is 84.6 Å². The van der Waals surface area contributed by atoms with E-state index in [9.17, 15) is 24.0 Å². The summed E-state index contributed by atoms with van der Waals surface area (Å²) in [5, 5.41) is 7.35. The summed E-state index contributed by atoms with van der Waals surface area (Å²) < 4.78 is 15.6. The Morgan fingerprint density at radius 3 is 2.08 bits per heavy atom. The largest absolute Gasteiger partial charge is 0.527 e. The van der Waals surface area contributed by atoms with Gasteiger partial charge in [0.05, 0.1) is 19.7 Å². The number of benzene rings is 1. The number of carbonyl (C=O) groups is 5. The molecule has 2 N–H and O–H groups in total. The molecule has 1 aliphatic rings. The van der Waals surface area contributed by atoms with E-state index in [1.165, 1.54) is 16.0 Å². The Kier molecular flexibility index (Phi) is 14.5. The average Bonchev–Trinajstić information content (AvgIpc) is 3.03. The van der Waals surface area contributed by atoms with Crippen LogP contribution in [0.3, 0.4) is 0 Å². The number of ether oxygens (including phenoxy) is 3. The van der Waals surface area contributed by atoms with Crippen molar-refractivity contribution in [1.29, 1.82) is 0 Å². The zero-order valence-corrected chi connectivity index (χ0v) is 30.1. The van der Waals surface area contributed by atoms with Crippen LogP contribution < -0.4 is 10.6 Å². The topological polar surface area (TPSA) is 179 Å². The molecule has 0 radical (unpaired) electrons. The van der Waals surface area contributed by atoms with Crippen LogP contribution in [0.5, 0.6) is 0 Å². The summed E-state index contributed by atoms with van der Waals surface area (Å²) in [4.78, 5) is 79.8. The molecule has 0 unspecified atom stereocenters. The summed E-state index contributed by atoms with van der Waals surface area (Å²) in [6.07, 6.45) is -0.319. The van der Waals surface area contributed by atoms with Gasteiger partial charge in [0, 0.05) is 44.1 Å². The molecule has 0 spiro atoms. The molecule has 1 fully saturated rings. The van der Waals surface area contributed by atoms with Gasteiger partial charge in [-0.1, -0.05) is 30.3 Å². The molecule has 50 heavy (non-hydrogen) atoms. The van der Waals surface area contributed by atoms with Crippen molar-refractivity contribution in [3.8, 4) is 11.4 Å². The monoisotopic (exact) mass is 698 g/mol. The number of aromatic nitrogens is 2. The summed E-state index contributed by atoms with van der Waals surface area (Å²) in [7, 11) is 0. The van der Waals surface area contributed by atoms with Crippen molar-refractivity contribution in [2.24, 2.45) is 0 Å².